The van der Waals surface area contributed by atoms with Crippen LogP contribution in [0.5, 0.6) is 0 Å². The van der Waals surface area contributed by atoms with Crippen LogP contribution in [0, 0.1) is 6.92 Å². The Morgan fingerprint density at radius 1 is 1.50 bits per heavy atom. The van der Waals surface area contributed by atoms with Crippen LogP contribution >= 0.6 is 0 Å². The van der Waals surface area contributed by atoms with Gasteiger partial charge in [0.2, 0.25) is 0 Å². The van der Waals surface area contributed by atoms with Gasteiger partial charge >= 0.3 is 0 Å². The first-order chi connectivity index (χ1) is 6.65. The fraction of sp³-hybridized carbons (Fsp3) is 0.600. The van der Waals surface area contributed by atoms with Gasteiger partial charge in [-0.15, -0.1) is 0 Å². The molecule has 0 aromatic carbocycles. The summed E-state index contributed by atoms with van der Waals surface area (Å²) in [6, 6.07) is 1.88. The van der Waals surface area contributed by atoms with Crippen molar-refractivity contribution >= 4 is 5.82 Å². The molecule has 14 heavy (non-hydrogen) atoms. The summed E-state index contributed by atoms with van der Waals surface area (Å²) in [6.45, 7) is 6.00. The maximum absolute atomic E-state index is 11.1. The Kier molecular flexibility index (Phi) is 3.68. The van der Waals surface area contributed by atoms with Crippen LogP contribution < -0.4 is 10.9 Å². The summed E-state index contributed by atoms with van der Waals surface area (Å²) in [5, 5.41) is 3.23. The number of aromatic nitrogens is 2. The van der Waals surface area contributed by atoms with Crippen LogP contribution in [0.3, 0.4) is 0 Å². The molecule has 1 aromatic rings. The van der Waals surface area contributed by atoms with Crippen LogP contribution in [-0.2, 0) is 0 Å². The van der Waals surface area contributed by atoms with E-state index in [1.54, 1.807) is 6.92 Å². The lowest BCUT2D eigenvalue weighted by Gasteiger charge is -2.14. The van der Waals surface area contributed by atoms with Gasteiger partial charge in [0.25, 0.3) is 5.56 Å². The second-order valence-electron chi connectivity index (χ2n) is 3.37. The van der Waals surface area contributed by atoms with Crippen molar-refractivity contribution < 1.29 is 0 Å². The smallest absolute Gasteiger partial charge is 0.252 e. The summed E-state index contributed by atoms with van der Waals surface area (Å²) in [5.41, 5.74) is -0.106. The lowest BCUT2D eigenvalue weighted by atomic mass is 10.2. The van der Waals surface area contributed by atoms with Crippen molar-refractivity contribution in [3.8, 4) is 0 Å². The Bertz CT molecular complexity index is 341. The van der Waals surface area contributed by atoms with Crippen LogP contribution in [0.15, 0.2) is 10.9 Å². The second-order valence-corrected chi connectivity index (χ2v) is 3.37. The molecular formula is C10H17N3O. The Balaban J connectivity index is 2.80. The SMILES string of the molecule is CCC(CC)Nc1cc(=O)[nH]c(C)n1. The minimum absolute atomic E-state index is 0.106. The maximum Gasteiger partial charge on any atom is 0.252 e. The van der Waals surface area contributed by atoms with Gasteiger partial charge in [0.1, 0.15) is 11.6 Å². The number of hydrogen-bond donors (Lipinski definition) is 2. The Hall–Kier alpha value is -1.32. The molecule has 1 aromatic heterocycles. The van der Waals surface area contributed by atoms with Gasteiger partial charge in [-0.2, -0.15) is 0 Å². The van der Waals surface area contributed by atoms with E-state index in [1.807, 2.05) is 0 Å². The molecule has 0 saturated heterocycles. The highest BCUT2D eigenvalue weighted by Crippen LogP contribution is 2.06. The minimum Gasteiger partial charge on any atom is -0.367 e. The molecule has 2 N–H and O–H groups in total. The molecule has 0 spiro atoms. The van der Waals surface area contributed by atoms with E-state index in [2.05, 4.69) is 29.1 Å². The highest BCUT2D eigenvalue weighted by Gasteiger charge is 2.04. The molecule has 1 heterocycles. The monoisotopic (exact) mass is 195 g/mol. The van der Waals surface area contributed by atoms with E-state index in [1.165, 1.54) is 6.07 Å². The lowest BCUT2D eigenvalue weighted by Crippen LogP contribution is -2.20. The number of nitrogens with zero attached hydrogens (tertiary/aromatic N) is 1. The third kappa shape index (κ3) is 2.87. The number of rotatable bonds is 4. The van der Waals surface area contributed by atoms with Crippen molar-refractivity contribution in [1.29, 1.82) is 0 Å². The topological polar surface area (TPSA) is 57.8 Å². The zero-order valence-corrected chi connectivity index (χ0v) is 8.92. The normalized spacial score (nSPS) is 10.6. The summed E-state index contributed by atoms with van der Waals surface area (Å²) in [6.07, 6.45) is 2.06. The van der Waals surface area contributed by atoms with Gasteiger partial charge in [-0.05, 0) is 19.8 Å². The van der Waals surface area contributed by atoms with Crippen molar-refractivity contribution in [2.75, 3.05) is 5.32 Å². The molecule has 0 amide bonds. The fourth-order valence-corrected chi connectivity index (χ4v) is 1.36. The molecule has 0 atom stereocenters. The first-order valence-corrected chi connectivity index (χ1v) is 5.00. The molecule has 4 nitrogen and oxygen atoms in total. The molecule has 4 heteroatoms. The molecule has 0 aliphatic heterocycles. The largest absolute Gasteiger partial charge is 0.367 e. The maximum atomic E-state index is 11.1. The molecule has 78 valence electrons. The lowest BCUT2D eigenvalue weighted by molar-refractivity contribution is 0.667. The number of aromatic amines is 1. The molecule has 0 radical (unpaired) electrons. The number of H-pyrrole nitrogens is 1. The molecule has 0 aliphatic carbocycles. The molecule has 1 rings (SSSR count). The predicted octanol–water partition coefficient (Wildman–Crippen LogP) is 1.68. The summed E-state index contributed by atoms with van der Waals surface area (Å²) >= 11 is 0. The zero-order valence-electron chi connectivity index (χ0n) is 8.92. The van der Waals surface area contributed by atoms with E-state index < -0.39 is 0 Å². The van der Waals surface area contributed by atoms with Crippen LogP contribution in [0.25, 0.3) is 0 Å². The zero-order chi connectivity index (χ0) is 10.6. The number of anilines is 1. The van der Waals surface area contributed by atoms with Gasteiger partial charge in [-0.25, -0.2) is 4.98 Å². The van der Waals surface area contributed by atoms with E-state index in [9.17, 15) is 4.79 Å². The summed E-state index contributed by atoms with van der Waals surface area (Å²) < 4.78 is 0. The van der Waals surface area contributed by atoms with E-state index in [0.29, 0.717) is 17.7 Å². The van der Waals surface area contributed by atoms with Crippen molar-refractivity contribution in [3.05, 3.63) is 22.2 Å². The third-order valence-corrected chi connectivity index (χ3v) is 2.20. The first kappa shape index (κ1) is 10.8. The third-order valence-electron chi connectivity index (χ3n) is 2.20. The van der Waals surface area contributed by atoms with Gasteiger partial charge < -0.3 is 10.3 Å². The van der Waals surface area contributed by atoms with E-state index in [4.69, 9.17) is 0 Å². The second kappa shape index (κ2) is 4.79. The Morgan fingerprint density at radius 2 is 2.14 bits per heavy atom. The van der Waals surface area contributed by atoms with Crippen molar-refractivity contribution in [3.63, 3.8) is 0 Å². The molecule has 0 bridgehead atoms. The van der Waals surface area contributed by atoms with Gasteiger partial charge in [0, 0.05) is 12.1 Å². The molecule has 0 unspecified atom stereocenters. The average Bonchev–Trinajstić information content (AvgIpc) is 2.12. The number of nitrogens with one attached hydrogen (secondary N) is 2. The van der Waals surface area contributed by atoms with E-state index in [0.717, 1.165) is 12.8 Å². The highest BCUT2D eigenvalue weighted by molar-refractivity contribution is 5.33. The Labute approximate surface area is 83.8 Å². The molecule has 0 aliphatic rings. The van der Waals surface area contributed by atoms with Gasteiger partial charge in [-0.3, -0.25) is 4.79 Å². The van der Waals surface area contributed by atoms with Crippen LogP contribution in [0.1, 0.15) is 32.5 Å². The highest BCUT2D eigenvalue weighted by atomic mass is 16.1. The standard InChI is InChI=1S/C10H17N3O/c1-4-8(5-2)13-9-6-10(14)12-7(3)11-9/h6,8H,4-5H2,1-3H3,(H2,11,12,13,14). The summed E-state index contributed by atoms with van der Waals surface area (Å²) in [7, 11) is 0. The van der Waals surface area contributed by atoms with Crippen LogP contribution in [0.4, 0.5) is 5.82 Å². The Morgan fingerprint density at radius 3 is 2.64 bits per heavy atom. The minimum atomic E-state index is -0.106. The van der Waals surface area contributed by atoms with Crippen molar-refractivity contribution in [1.82, 2.24) is 9.97 Å². The predicted molar refractivity (Wildman–Crippen MR) is 57.6 cm³/mol. The quantitative estimate of drug-likeness (QED) is 0.768. The van der Waals surface area contributed by atoms with Crippen molar-refractivity contribution in [2.24, 2.45) is 0 Å². The van der Waals surface area contributed by atoms with E-state index in [-0.39, 0.29) is 5.56 Å². The average molecular weight is 195 g/mol. The summed E-state index contributed by atoms with van der Waals surface area (Å²) in [4.78, 5) is 17.9. The van der Waals surface area contributed by atoms with Crippen molar-refractivity contribution in [2.45, 2.75) is 39.7 Å². The van der Waals surface area contributed by atoms with Gasteiger partial charge in [-0.1, -0.05) is 13.8 Å². The number of aryl methyl sites for hydroxylation is 1. The molecule has 0 fully saturated rings. The van der Waals surface area contributed by atoms with Crippen LogP contribution in [-0.4, -0.2) is 16.0 Å². The molecular weight excluding hydrogens is 178 g/mol. The van der Waals surface area contributed by atoms with Gasteiger partial charge in [0.15, 0.2) is 0 Å². The first-order valence-electron chi connectivity index (χ1n) is 5.00. The van der Waals surface area contributed by atoms with E-state index >= 15 is 0 Å². The fourth-order valence-electron chi connectivity index (χ4n) is 1.36. The van der Waals surface area contributed by atoms with Crippen LogP contribution in [0.2, 0.25) is 0 Å². The number of hydrogen-bond acceptors (Lipinski definition) is 3. The van der Waals surface area contributed by atoms with Gasteiger partial charge in [0.05, 0.1) is 0 Å². The summed E-state index contributed by atoms with van der Waals surface area (Å²) in [5.74, 6) is 1.31. The molecule has 0 saturated carbocycles.